The lowest BCUT2D eigenvalue weighted by atomic mass is 10.1. The first-order valence-electron chi connectivity index (χ1n) is 10.4. The topological polar surface area (TPSA) is 55.6 Å². The van der Waals surface area contributed by atoms with Crippen molar-refractivity contribution in [2.45, 2.75) is 26.4 Å². The van der Waals surface area contributed by atoms with Crippen molar-refractivity contribution in [2.75, 3.05) is 19.6 Å². The zero-order chi connectivity index (χ0) is 21.2. The lowest BCUT2D eigenvalue weighted by Crippen LogP contribution is -2.28. The zero-order valence-corrected chi connectivity index (χ0v) is 17.4. The maximum absolute atomic E-state index is 11.6. The van der Waals surface area contributed by atoms with Crippen molar-refractivity contribution in [2.24, 2.45) is 0 Å². The summed E-state index contributed by atoms with van der Waals surface area (Å²) < 4.78 is 5.72. The van der Waals surface area contributed by atoms with Crippen LogP contribution in [0.15, 0.2) is 78.9 Å². The predicted octanol–water partition coefficient (Wildman–Crippen LogP) is 5.28. The van der Waals surface area contributed by atoms with Crippen molar-refractivity contribution in [1.29, 1.82) is 0 Å². The van der Waals surface area contributed by atoms with Crippen LogP contribution in [0.1, 0.15) is 23.6 Å². The van der Waals surface area contributed by atoms with Crippen LogP contribution in [0.3, 0.4) is 0 Å². The van der Waals surface area contributed by atoms with E-state index in [2.05, 4.69) is 36.1 Å². The Kier molecular flexibility index (Phi) is 7.98. The fraction of sp³-hybridized carbons (Fsp3) is 0.280. The van der Waals surface area contributed by atoms with Gasteiger partial charge in [-0.2, -0.15) is 0 Å². The molecular weight excluding hydrogens is 376 g/mol. The van der Waals surface area contributed by atoms with Gasteiger partial charge in [0.25, 0.3) is 0 Å². The molecule has 5 nitrogen and oxygen atoms in total. The van der Waals surface area contributed by atoms with Gasteiger partial charge < -0.3 is 9.64 Å². The van der Waals surface area contributed by atoms with Crippen molar-refractivity contribution in [1.82, 2.24) is 4.90 Å². The second kappa shape index (κ2) is 11.1. The molecule has 0 aliphatic carbocycles. The van der Waals surface area contributed by atoms with Gasteiger partial charge in [0, 0.05) is 19.2 Å². The van der Waals surface area contributed by atoms with E-state index in [0.717, 1.165) is 43.6 Å². The van der Waals surface area contributed by atoms with Gasteiger partial charge in [-0.1, -0.05) is 73.7 Å². The number of likely N-dealkylation sites (N-methyl/N-ethyl adjacent to an activating group) is 1. The molecule has 3 aromatic carbocycles. The Balaban J connectivity index is 1.58. The predicted molar refractivity (Wildman–Crippen MR) is 120 cm³/mol. The molecule has 0 unspecified atom stereocenters. The van der Waals surface area contributed by atoms with Crippen molar-refractivity contribution < 1.29 is 9.66 Å². The third-order valence-electron chi connectivity index (χ3n) is 5.18. The highest BCUT2D eigenvalue weighted by Gasteiger charge is 2.16. The second-order valence-corrected chi connectivity index (χ2v) is 7.25. The van der Waals surface area contributed by atoms with Crippen LogP contribution in [0.5, 0.6) is 5.75 Å². The van der Waals surface area contributed by atoms with E-state index in [1.807, 2.05) is 42.5 Å². The Labute approximate surface area is 178 Å². The molecule has 0 spiro atoms. The number of nitro groups is 1. The van der Waals surface area contributed by atoms with E-state index in [-0.39, 0.29) is 10.6 Å². The van der Waals surface area contributed by atoms with Gasteiger partial charge in [-0.3, -0.25) is 10.1 Å². The number of rotatable bonds is 11. The molecule has 5 heteroatoms. The Morgan fingerprint density at radius 1 is 0.833 bits per heavy atom. The molecule has 0 bridgehead atoms. The van der Waals surface area contributed by atoms with E-state index >= 15 is 0 Å². The fourth-order valence-corrected chi connectivity index (χ4v) is 3.37. The Bertz CT molecular complexity index is 930. The van der Waals surface area contributed by atoms with Crippen LogP contribution in [0, 0.1) is 10.1 Å². The normalized spacial score (nSPS) is 10.9. The van der Waals surface area contributed by atoms with Crippen molar-refractivity contribution in [3.05, 3.63) is 106 Å². The van der Waals surface area contributed by atoms with Gasteiger partial charge in [0.15, 0.2) is 5.75 Å². The molecule has 0 amide bonds. The van der Waals surface area contributed by atoms with Gasteiger partial charge in [-0.15, -0.1) is 0 Å². The van der Waals surface area contributed by atoms with Crippen molar-refractivity contribution in [3.63, 3.8) is 0 Å². The number of hydrogen-bond acceptors (Lipinski definition) is 4. The Hall–Kier alpha value is -3.18. The summed E-state index contributed by atoms with van der Waals surface area (Å²) >= 11 is 0. The molecular formula is C25H28N2O3. The largest absolute Gasteiger partial charge is 0.482 e. The summed E-state index contributed by atoms with van der Waals surface area (Å²) in [6.07, 6.45) is 1.77. The molecule has 0 aliphatic rings. The monoisotopic (exact) mass is 404 g/mol. The van der Waals surface area contributed by atoms with Crippen molar-refractivity contribution >= 4 is 5.69 Å². The summed E-state index contributed by atoms with van der Waals surface area (Å²) in [4.78, 5) is 13.6. The molecule has 0 atom stereocenters. The highest BCUT2D eigenvalue weighted by atomic mass is 16.6. The molecule has 0 heterocycles. The summed E-state index contributed by atoms with van der Waals surface area (Å²) in [5, 5.41) is 11.6. The highest BCUT2D eigenvalue weighted by Crippen LogP contribution is 2.29. The molecule has 0 N–H and O–H groups in total. The molecule has 30 heavy (non-hydrogen) atoms. The molecule has 0 radical (unpaired) electrons. The minimum atomic E-state index is -0.364. The smallest absolute Gasteiger partial charge is 0.311 e. The molecule has 0 aliphatic heterocycles. The third kappa shape index (κ3) is 6.42. The Morgan fingerprint density at radius 2 is 1.43 bits per heavy atom. The van der Waals surface area contributed by atoms with Gasteiger partial charge >= 0.3 is 5.69 Å². The van der Waals surface area contributed by atoms with E-state index in [1.54, 1.807) is 12.1 Å². The summed E-state index contributed by atoms with van der Waals surface area (Å²) in [5.41, 5.74) is 3.28. The average Bonchev–Trinajstić information content (AvgIpc) is 2.79. The minimum Gasteiger partial charge on any atom is -0.482 e. The molecule has 0 aromatic heterocycles. The van der Waals surface area contributed by atoms with Crippen LogP contribution in [0.25, 0.3) is 0 Å². The van der Waals surface area contributed by atoms with E-state index in [4.69, 9.17) is 4.74 Å². The van der Waals surface area contributed by atoms with Gasteiger partial charge in [0.05, 0.1) is 4.92 Å². The SMILES string of the molecule is CCN(CCc1ccccc1)CCc1ccc(OCc2ccccc2)c([N+](=O)[O-])c1. The second-order valence-electron chi connectivity index (χ2n) is 7.25. The lowest BCUT2D eigenvalue weighted by Gasteiger charge is -2.20. The fourth-order valence-electron chi connectivity index (χ4n) is 3.37. The third-order valence-corrected chi connectivity index (χ3v) is 5.18. The van der Waals surface area contributed by atoms with Crippen LogP contribution in [-0.2, 0) is 19.4 Å². The highest BCUT2D eigenvalue weighted by molar-refractivity contribution is 5.49. The van der Waals surface area contributed by atoms with Crippen LogP contribution in [-0.4, -0.2) is 29.5 Å². The van der Waals surface area contributed by atoms with Gasteiger partial charge in [-0.25, -0.2) is 0 Å². The van der Waals surface area contributed by atoms with Crippen LogP contribution in [0.4, 0.5) is 5.69 Å². The van der Waals surface area contributed by atoms with Gasteiger partial charge in [0.2, 0.25) is 0 Å². The summed E-state index contributed by atoms with van der Waals surface area (Å²) in [5.74, 6) is 0.309. The molecule has 0 saturated heterocycles. The van der Waals surface area contributed by atoms with E-state index in [0.29, 0.717) is 12.4 Å². The first-order chi connectivity index (χ1) is 14.7. The minimum absolute atomic E-state index is 0.0239. The average molecular weight is 405 g/mol. The molecule has 156 valence electrons. The van der Waals surface area contributed by atoms with E-state index in [9.17, 15) is 10.1 Å². The van der Waals surface area contributed by atoms with Crippen molar-refractivity contribution in [3.8, 4) is 5.75 Å². The summed E-state index contributed by atoms with van der Waals surface area (Å²) in [6.45, 7) is 5.25. The van der Waals surface area contributed by atoms with Gasteiger partial charge in [0.1, 0.15) is 6.61 Å². The molecule has 0 saturated carbocycles. The standard InChI is InChI=1S/C25H28N2O3/c1-2-26(17-15-21-9-5-3-6-10-21)18-16-22-13-14-25(24(19-22)27(28)29)30-20-23-11-7-4-8-12-23/h3-14,19H,2,15-18,20H2,1H3. The maximum atomic E-state index is 11.6. The Morgan fingerprint density at radius 3 is 2.03 bits per heavy atom. The quantitative estimate of drug-likeness (QED) is 0.322. The maximum Gasteiger partial charge on any atom is 0.311 e. The van der Waals surface area contributed by atoms with Crippen LogP contribution < -0.4 is 4.74 Å². The zero-order valence-electron chi connectivity index (χ0n) is 17.4. The summed E-state index contributed by atoms with van der Waals surface area (Å²) in [7, 11) is 0. The molecule has 3 aromatic rings. The molecule has 3 rings (SSSR count). The number of nitrogens with zero attached hydrogens (tertiary/aromatic N) is 2. The number of benzene rings is 3. The first kappa shape index (κ1) is 21.5. The summed E-state index contributed by atoms with van der Waals surface area (Å²) in [6, 6.07) is 25.4. The van der Waals surface area contributed by atoms with Crippen LogP contribution >= 0.6 is 0 Å². The lowest BCUT2D eigenvalue weighted by molar-refractivity contribution is -0.386. The van der Waals surface area contributed by atoms with Gasteiger partial charge in [-0.05, 0) is 42.1 Å². The van der Waals surface area contributed by atoms with E-state index < -0.39 is 0 Å². The molecule has 0 fully saturated rings. The number of nitro benzene ring substituents is 1. The number of ether oxygens (including phenoxy) is 1. The van der Waals surface area contributed by atoms with E-state index in [1.165, 1.54) is 5.56 Å². The first-order valence-corrected chi connectivity index (χ1v) is 10.4. The van der Waals surface area contributed by atoms with Crippen LogP contribution in [0.2, 0.25) is 0 Å². The number of hydrogen-bond donors (Lipinski definition) is 0.